The van der Waals surface area contributed by atoms with Gasteiger partial charge in [0.25, 0.3) is 0 Å². The van der Waals surface area contributed by atoms with Crippen LogP contribution >= 0.6 is 0 Å². The molecule has 194 valence electrons. The summed E-state index contributed by atoms with van der Waals surface area (Å²) in [4.78, 5) is 18.9. The number of aryl methyl sites for hydroxylation is 1. The van der Waals surface area contributed by atoms with E-state index in [0.29, 0.717) is 36.3 Å². The van der Waals surface area contributed by atoms with Crippen LogP contribution in [-0.2, 0) is 22.7 Å². The average Bonchev–Trinajstić information content (AvgIpc) is 3.34. The fourth-order valence-corrected chi connectivity index (χ4v) is 8.32. The van der Waals surface area contributed by atoms with E-state index in [-0.39, 0.29) is 23.9 Å². The van der Waals surface area contributed by atoms with E-state index < -0.39 is 20.5 Å². The van der Waals surface area contributed by atoms with E-state index in [1.165, 1.54) is 12.1 Å². The van der Waals surface area contributed by atoms with Crippen molar-refractivity contribution in [3.8, 4) is 5.69 Å². The molecule has 0 bridgehead atoms. The molecule has 0 saturated heterocycles. The summed E-state index contributed by atoms with van der Waals surface area (Å²) in [6.45, 7) is 1.93. The molecule has 3 atom stereocenters. The van der Waals surface area contributed by atoms with Gasteiger partial charge in [0.2, 0.25) is 0 Å². The Bertz CT molecular complexity index is 1600. The fraction of sp³-hybridized carbons (Fsp3) is 0.290. The Kier molecular flexibility index (Phi) is 6.06. The number of hydrogen-bond acceptors (Lipinski definition) is 4. The van der Waals surface area contributed by atoms with Crippen molar-refractivity contribution in [1.82, 2.24) is 9.55 Å². The molecular formula is C31H29FN2O3S. The van der Waals surface area contributed by atoms with Crippen molar-refractivity contribution in [3.63, 3.8) is 0 Å². The van der Waals surface area contributed by atoms with E-state index in [1.807, 2.05) is 31.3 Å². The summed E-state index contributed by atoms with van der Waals surface area (Å²) >= 11 is 0. The van der Waals surface area contributed by atoms with Gasteiger partial charge in [-0.05, 0) is 105 Å². The predicted octanol–water partition coefficient (Wildman–Crippen LogP) is 5.93. The second-order valence-corrected chi connectivity index (χ2v) is 12.9. The number of halogens is 1. The van der Waals surface area contributed by atoms with Gasteiger partial charge < -0.3 is 4.57 Å². The normalized spacial score (nSPS) is 22.9. The van der Waals surface area contributed by atoms with Gasteiger partial charge in [-0.15, -0.1) is 0 Å². The zero-order chi connectivity index (χ0) is 26.5. The number of carbonyl (C=O) groups is 1. The van der Waals surface area contributed by atoms with E-state index in [1.54, 1.807) is 48.7 Å². The Hall–Kier alpha value is -3.58. The minimum Gasteiger partial charge on any atom is -0.321 e. The van der Waals surface area contributed by atoms with Crippen LogP contribution in [0.3, 0.4) is 0 Å². The van der Waals surface area contributed by atoms with Gasteiger partial charge in [-0.1, -0.05) is 23.8 Å². The van der Waals surface area contributed by atoms with Gasteiger partial charge in [-0.3, -0.25) is 9.78 Å². The van der Waals surface area contributed by atoms with E-state index in [9.17, 15) is 17.6 Å². The standard InChI is InChI=1S/C31H29FN2O3S/c1-21-5-12-26(13-6-21)38(36,37)27-14-7-23-18-29-22(15-17-34(29)25-10-8-24(32)9-11-25)19-31(23,20-27)30(35)28-4-2-3-16-33-28/h2-6,8-13,15-17,23,27H,7,14,18-20H2,1H3/t23?,27-,31-/m0/s1. The minimum atomic E-state index is -3.62. The minimum absolute atomic E-state index is 0.0249. The number of carbonyl (C=O) groups excluding carboxylic acids is 1. The lowest BCUT2D eigenvalue weighted by molar-refractivity contribution is 0.0488. The molecule has 2 aromatic carbocycles. The van der Waals surface area contributed by atoms with Crippen molar-refractivity contribution >= 4 is 15.6 Å². The molecule has 7 heteroatoms. The van der Waals surface area contributed by atoms with Crippen LogP contribution in [0.25, 0.3) is 5.69 Å². The van der Waals surface area contributed by atoms with Crippen LogP contribution in [-0.4, -0.2) is 29.0 Å². The SMILES string of the molecule is Cc1ccc(S(=O)(=O)[C@H]2CCC3Cc4c(ccn4-c4ccc(F)cc4)C[C@]3(C(=O)c3ccccn3)C2)cc1. The number of hydrogen-bond donors (Lipinski definition) is 0. The zero-order valence-electron chi connectivity index (χ0n) is 21.2. The number of Topliss-reactive ketones (excluding diaryl/α,β-unsaturated/α-hetero) is 1. The van der Waals surface area contributed by atoms with Crippen molar-refractivity contribution in [2.24, 2.45) is 11.3 Å². The maximum Gasteiger partial charge on any atom is 0.187 e. The van der Waals surface area contributed by atoms with E-state index >= 15 is 0 Å². The first-order valence-corrected chi connectivity index (χ1v) is 14.5. The maximum atomic E-state index is 14.2. The monoisotopic (exact) mass is 528 g/mol. The summed E-state index contributed by atoms with van der Waals surface area (Å²) in [5.74, 6) is -0.391. The van der Waals surface area contributed by atoms with Crippen LogP contribution in [0.5, 0.6) is 0 Å². The second-order valence-electron chi connectivity index (χ2n) is 10.7. The van der Waals surface area contributed by atoms with Gasteiger partial charge in [-0.25, -0.2) is 12.8 Å². The first-order chi connectivity index (χ1) is 18.3. The molecule has 5 nitrogen and oxygen atoms in total. The number of pyridine rings is 1. The van der Waals surface area contributed by atoms with E-state index in [2.05, 4.69) is 9.55 Å². The predicted molar refractivity (Wildman–Crippen MR) is 144 cm³/mol. The Labute approximate surface area is 222 Å². The van der Waals surface area contributed by atoms with Crippen molar-refractivity contribution in [1.29, 1.82) is 0 Å². The molecule has 0 radical (unpaired) electrons. The molecule has 0 spiro atoms. The first-order valence-electron chi connectivity index (χ1n) is 13.0. The van der Waals surface area contributed by atoms with E-state index in [0.717, 1.165) is 22.5 Å². The highest BCUT2D eigenvalue weighted by Gasteiger charge is 2.54. The van der Waals surface area contributed by atoms with Crippen LogP contribution in [0.1, 0.15) is 46.6 Å². The lowest BCUT2D eigenvalue weighted by Crippen LogP contribution is -2.51. The lowest BCUT2D eigenvalue weighted by atomic mass is 9.56. The number of nitrogens with zero attached hydrogens (tertiary/aromatic N) is 2. The van der Waals surface area contributed by atoms with Crippen LogP contribution in [0.4, 0.5) is 4.39 Å². The molecule has 2 aliphatic rings. The highest BCUT2D eigenvalue weighted by atomic mass is 32.2. The molecule has 1 fully saturated rings. The third kappa shape index (κ3) is 4.09. The molecule has 2 heterocycles. The van der Waals surface area contributed by atoms with Gasteiger partial charge in [0.05, 0.1) is 10.1 Å². The maximum absolute atomic E-state index is 14.2. The highest BCUT2D eigenvalue weighted by molar-refractivity contribution is 7.92. The molecule has 0 N–H and O–H groups in total. The molecule has 1 unspecified atom stereocenters. The third-order valence-electron chi connectivity index (χ3n) is 8.49. The smallest absolute Gasteiger partial charge is 0.187 e. The van der Waals surface area contributed by atoms with Crippen LogP contribution < -0.4 is 0 Å². The molecule has 6 rings (SSSR count). The molecule has 2 aliphatic carbocycles. The molecule has 4 aromatic rings. The van der Waals surface area contributed by atoms with Crippen molar-refractivity contribution in [2.45, 2.75) is 49.2 Å². The summed E-state index contributed by atoms with van der Waals surface area (Å²) < 4.78 is 43.2. The van der Waals surface area contributed by atoms with E-state index in [4.69, 9.17) is 0 Å². The number of aromatic nitrogens is 2. The summed E-state index contributed by atoms with van der Waals surface area (Å²) in [5, 5.41) is -0.644. The van der Waals surface area contributed by atoms with Crippen LogP contribution in [0.15, 0.2) is 90.1 Å². The Morgan fingerprint density at radius 3 is 2.47 bits per heavy atom. The lowest BCUT2D eigenvalue weighted by Gasteiger charge is -2.48. The summed E-state index contributed by atoms with van der Waals surface area (Å²) in [6.07, 6.45) is 6.08. The molecular weight excluding hydrogens is 499 g/mol. The Balaban J connectivity index is 1.42. The number of rotatable bonds is 5. The number of sulfone groups is 1. The van der Waals surface area contributed by atoms with Crippen LogP contribution in [0, 0.1) is 24.1 Å². The number of fused-ring (bicyclic) bond motifs is 2. The molecule has 38 heavy (non-hydrogen) atoms. The van der Waals surface area contributed by atoms with Gasteiger partial charge in [0.1, 0.15) is 11.5 Å². The van der Waals surface area contributed by atoms with Crippen LogP contribution in [0.2, 0.25) is 0 Å². The number of benzene rings is 2. The first kappa shape index (κ1) is 24.7. The molecule has 1 saturated carbocycles. The van der Waals surface area contributed by atoms with Crippen molar-refractivity contribution in [2.75, 3.05) is 0 Å². The Morgan fingerprint density at radius 1 is 1.00 bits per heavy atom. The summed E-state index contributed by atoms with van der Waals surface area (Å²) in [6, 6.07) is 20.7. The highest BCUT2D eigenvalue weighted by Crippen LogP contribution is 2.53. The summed E-state index contributed by atoms with van der Waals surface area (Å²) in [7, 11) is -3.62. The van der Waals surface area contributed by atoms with Gasteiger partial charge in [-0.2, -0.15) is 0 Å². The summed E-state index contributed by atoms with van der Waals surface area (Å²) in [5.41, 5.74) is 3.52. The average molecular weight is 529 g/mol. The van der Waals surface area contributed by atoms with Gasteiger partial charge in [0, 0.05) is 29.2 Å². The number of ketones is 1. The van der Waals surface area contributed by atoms with Gasteiger partial charge >= 0.3 is 0 Å². The zero-order valence-corrected chi connectivity index (χ0v) is 22.0. The Morgan fingerprint density at radius 2 is 1.76 bits per heavy atom. The largest absolute Gasteiger partial charge is 0.321 e. The second kappa shape index (κ2) is 9.31. The quantitative estimate of drug-likeness (QED) is 0.301. The van der Waals surface area contributed by atoms with Crippen molar-refractivity contribution in [3.05, 3.63) is 114 Å². The topological polar surface area (TPSA) is 69.0 Å². The fourth-order valence-electron chi connectivity index (χ4n) is 6.46. The van der Waals surface area contributed by atoms with Gasteiger partial charge in [0.15, 0.2) is 15.6 Å². The molecule has 0 amide bonds. The van der Waals surface area contributed by atoms with Crippen molar-refractivity contribution < 1.29 is 17.6 Å². The third-order valence-corrected chi connectivity index (χ3v) is 10.7. The molecule has 0 aliphatic heterocycles. The molecule has 2 aromatic heterocycles.